The van der Waals surface area contributed by atoms with Crippen molar-refractivity contribution in [1.82, 2.24) is 25.6 Å². The number of ether oxygens (including phenoxy) is 1. The van der Waals surface area contributed by atoms with Gasteiger partial charge in [-0.1, -0.05) is 43.2 Å². The van der Waals surface area contributed by atoms with Crippen LogP contribution in [0.25, 0.3) is 33.4 Å². The molecule has 1 fully saturated rings. The van der Waals surface area contributed by atoms with E-state index in [1.165, 1.54) is 12.1 Å². The molecule has 7 heteroatoms. The predicted molar refractivity (Wildman–Crippen MR) is 112 cm³/mol. The molecule has 1 saturated carbocycles. The number of H-pyrrole nitrogens is 1. The molecule has 0 amide bonds. The Morgan fingerprint density at radius 3 is 2.57 bits per heavy atom. The number of hydrogen-bond acceptors (Lipinski definition) is 5. The lowest BCUT2D eigenvalue weighted by Crippen LogP contribution is -2.30. The van der Waals surface area contributed by atoms with Crippen molar-refractivity contribution in [2.75, 3.05) is 13.7 Å². The summed E-state index contributed by atoms with van der Waals surface area (Å²) in [5, 5.41) is 15.9. The van der Waals surface area contributed by atoms with Crippen LogP contribution in [0.3, 0.4) is 0 Å². The fourth-order valence-corrected chi connectivity index (χ4v) is 4.79. The van der Waals surface area contributed by atoms with E-state index >= 15 is 0 Å². The molecule has 2 aromatic heterocycles. The lowest BCUT2D eigenvalue weighted by atomic mass is 9.78. The first-order valence-corrected chi connectivity index (χ1v) is 10.1. The minimum Gasteiger partial charge on any atom is -0.384 e. The van der Waals surface area contributed by atoms with Gasteiger partial charge in [0.1, 0.15) is 5.82 Å². The van der Waals surface area contributed by atoms with Crippen LogP contribution in [0.5, 0.6) is 0 Å². The van der Waals surface area contributed by atoms with Crippen LogP contribution >= 0.6 is 0 Å². The van der Waals surface area contributed by atoms with Crippen LogP contribution in [0.4, 0.5) is 4.39 Å². The molecular formula is C23H22FN5O. The average molecular weight is 403 g/mol. The summed E-state index contributed by atoms with van der Waals surface area (Å²) in [6.07, 6.45) is 4.10. The number of aromatic amines is 1. The predicted octanol–water partition coefficient (Wildman–Crippen LogP) is 4.68. The minimum absolute atomic E-state index is 0.269. The number of nitrogens with zero attached hydrogens (tertiary/aromatic N) is 4. The number of nitrogens with one attached hydrogen (secondary N) is 1. The molecule has 2 aromatic carbocycles. The van der Waals surface area contributed by atoms with E-state index in [0.717, 1.165) is 53.5 Å². The Hall–Kier alpha value is -3.19. The molecule has 0 aliphatic heterocycles. The zero-order chi connectivity index (χ0) is 20.6. The van der Waals surface area contributed by atoms with Crippen LogP contribution in [0, 0.1) is 5.82 Å². The number of halogens is 1. The summed E-state index contributed by atoms with van der Waals surface area (Å²) in [4.78, 5) is 5.01. The lowest BCUT2D eigenvalue weighted by Gasteiger charge is -2.31. The maximum Gasteiger partial charge on any atom is 0.207 e. The van der Waals surface area contributed by atoms with Gasteiger partial charge < -0.3 is 4.74 Å². The van der Waals surface area contributed by atoms with E-state index < -0.39 is 0 Å². The van der Waals surface area contributed by atoms with Gasteiger partial charge in [0.25, 0.3) is 0 Å². The van der Waals surface area contributed by atoms with Gasteiger partial charge in [-0.05, 0) is 35.8 Å². The number of fused-ring (bicyclic) bond motifs is 1. The molecule has 1 aliphatic rings. The molecule has 6 nitrogen and oxygen atoms in total. The summed E-state index contributed by atoms with van der Waals surface area (Å²) < 4.78 is 19.9. The van der Waals surface area contributed by atoms with Gasteiger partial charge in [0.05, 0.1) is 23.4 Å². The third-order valence-corrected chi connectivity index (χ3v) is 6.06. The monoisotopic (exact) mass is 403 g/mol. The van der Waals surface area contributed by atoms with Gasteiger partial charge in [0.2, 0.25) is 5.82 Å². The lowest BCUT2D eigenvalue weighted by molar-refractivity contribution is 0.130. The highest BCUT2D eigenvalue weighted by Crippen LogP contribution is 2.48. The Kier molecular flexibility index (Phi) is 4.75. The van der Waals surface area contributed by atoms with Gasteiger partial charge in [0.15, 0.2) is 0 Å². The standard InChI is InChI=1S/C23H22FN5O/c1-30-14-23(11-5-6-12-23)21-20(22-26-28-29-27-22)19(15-7-3-2-4-8-15)17-10-9-16(24)13-18(17)25-21/h2-4,7-10,13H,5-6,11-12,14H2,1H3,(H,26,27,28,29). The third kappa shape index (κ3) is 3.06. The number of aromatic nitrogens is 5. The zero-order valence-electron chi connectivity index (χ0n) is 16.7. The number of methoxy groups -OCH3 is 1. The highest BCUT2D eigenvalue weighted by atomic mass is 19.1. The Morgan fingerprint density at radius 2 is 1.87 bits per heavy atom. The van der Waals surface area contributed by atoms with E-state index in [2.05, 4.69) is 20.6 Å². The Labute approximate surface area is 173 Å². The summed E-state index contributed by atoms with van der Waals surface area (Å²) in [6.45, 7) is 0.542. The summed E-state index contributed by atoms with van der Waals surface area (Å²) in [6, 6.07) is 14.8. The molecule has 152 valence electrons. The first-order chi connectivity index (χ1) is 14.7. The maximum atomic E-state index is 14.2. The van der Waals surface area contributed by atoms with Crippen LogP contribution in [-0.2, 0) is 10.2 Å². The fraction of sp³-hybridized carbons (Fsp3) is 0.304. The van der Waals surface area contributed by atoms with Crippen molar-refractivity contribution in [3.05, 3.63) is 60.0 Å². The van der Waals surface area contributed by atoms with Crippen LogP contribution < -0.4 is 0 Å². The number of tetrazole rings is 1. The van der Waals surface area contributed by atoms with Crippen LogP contribution in [0.2, 0.25) is 0 Å². The van der Waals surface area contributed by atoms with Crippen LogP contribution in [0.1, 0.15) is 31.4 Å². The average Bonchev–Trinajstić information content (AvgIpc) is 3.46. The van der Waals surface area contributed by atoms with Gasteiger partial charge in [-0.3, -0.25) is 4.98 Å². The van der Waals surface area contributed by atoms with E-state index in [1.54, 1.807) is 13.2 Å². The highest BCUT2D eigenvalue weighted by Gasteiger charge is 2.41. The smallest absolute Gasteiger partial charge is 0.207 e. The second kappa shape index (κ2) is 7.57. The molecule has 0 saturated heterocycles. The summed E-state index contributed by atoms with van der Waals surface area (Å²) in [7, 11) is 1.72. The number of benzene rings is 2. The molecule has 0 unspecified atom stereocenters. The molecule has 1 aliphatic carbocycles. The first-order valence-electron chi connectivity index (χ1n) is 10.1. The summed E-state index contributed by atoms with van der Waals surface area (Å²) >= 11 is 0. The van der Waals surface area contributed by atoms with Crippen molar-refractivity contribution in [2.24, 2.45) is 0 Å². The van der Waals surface area contributed by atoms with Crippen molar-refractivity contribution in [3.8, 4) is 22.5 Å². The largest absolute Gasteiger partial charge is 0.384 e. The van der Waals surface area contributed by atoms with Crippen molar-refractivity contribution in [3.63, 3.8) is 0 Å². The molecule has 30 heavy (non-hydrogen) atoms. The van der Waals surface area contributed by atoms with Crippen molar-refractivity contribution < 1.29 is 9.13 Å². The Balaban J connectivity index is 1.93. The zero-order valence-corrected chi connectivity index (χ0v) is 16.7. The molecule has 1 N–H and O–H groups in total. The number of pyridine rings is 1. The highest BCUT2D eigenvalue weighted by molar-refractivity contribution is 6.02. The molecule has 5 rings (SSSR count). The second-order valence-corrected chi connectivity index (χ2v) is 7.89. The quantitative estimate of drug-likeness (QED) is 0.524. The van der Waals surface area contributed by atoms with E-state index in [0.29, 0.717) is 17.9 Å². The van der Waals surface area contributed by atoms with E-state index in [4.69, 9.17) is 9.72 Å². The minimum atomic E-state index is -0.306. The summed E-state index contributed by atoms with van der Waals surface area (Å²) in [5.41, 5.74) is 4.00. The van der Waals surface area contributed by atoms with Gasteiger partial charge in [-0.25, -0.2) is 4.39 Å². The SMILES string of the molecule is COCC1(c2nc3cc(F)ccc3c(-c3ccccc3)c2-c2nn[nH]n2)CCCC1. The second-order valence-electron chi connectivity index (χ2n) is 7.89. The molecule has 4 aromatic rings. The maximum absolute atomic E-state index is 14.2. The fourth-order valence-electron chi connectivity index (χ4n) is 4.79. The Morgan fingerprint density at radius 1 is 1.07 bits per heavy atom. The van der Waals surface area contributed by atoms with Gasteiger partial charge in [-0.15, -0.1) is 10.2 Å². The van der Waals surface area contributed by atoms with Gasteiger partial charge >= 0.3 is 0 Å². The van der Waals surface area contributed by atoms with E-state index in [9.17, 15) is 4.39 Å². The number of hydrogen-bond donors (Lipinski definition) is 1. The van der Waals surface area contributed by atoms with E-state index in [1.807, 2.05) is 30.3 Å². The summed E-state index contributed by atoms with van der Waals surface area (Å²) in [5.74, 6) is 0.185. The third-order valence-electron chi connectivity index (χ3n) is 6.06. The van der Waals surface area contributed by atoms with Crippen molar-refractivity contribution in [2.45, 2.75) is 31.1 Å². The molecule has 0 spiro atoms. The van der Waals surface area contributed by atoms with Gasteiger partial charge in [0, 0.05) is 29.5 Å². The van der Waals surface area contributed by atoms with Gasteiger partial charge in [-0.2, -0.15) is 5.21 Å². The molecule has 0 bridgehead atoms. The molecule has 0 radical (unpaired) electrons. The normalized spacial score (nSPS) is 15.7. The number of rotatable bonds is 5. The topological polar surface area (TPSA) is 76.6 Å². The van der Waals surface area contributed by atoms with E-state index in [-0.39, 0.29) is 11.2 Å². The van der Waals surface area contributed by atoms with Crippen LogP contribution in [0.15, 0.2) is 48.5 Å². The Bertz CT molecular complexity index is 1170. The first kappa shape index (κ1) is 18.8. The molecular weight excluding hydrogens is 381 g/mol. The van der Waals surface area contributed by atoms with Crippen molar-refractivity contribution >= 4 is 10.9 Å². The van der Waals surface area contributed by atoms with Crippen LogP contribution in [-0.4, -0.2) is 39.3 Å². The van der Waals surface area contributed by atoms with Crippen molar-refractivity contribution in [1.29, 1.82) is 0 Å². The molecule has 2 heterocycles. The molecule has 0 atom stereocenters.